The molecule has 0 aromatic heterocycles. The Morgan fingerprint density at radius 3 is 2.52 bits per heavy atom. The van der Waals surface area contributed by atoms with E-state index in [2.05, 4.69) is 19.2 Å². The molecule has 3 atom stereocenters. The second-order valence-corrected chi connectivity index (χ2v) is 8.94. The van der Waals surface area contributed by atoms with Gasteiger partial charge in [-0.25, -0.2) is 4.79 Å². The van der Waals surface area contributed by atoms with Crippen molar-refractivity contribution >= 4 is 29.1 Å². The molecule has 1 saturated carbocycles. The lowest BCUT2D eigenvalue weighted by Gasteiger charge is -2.41. The van der Waals surface area contributed by atoms with Gasteiger partial charge < -0.3 is 20.5 Å². The Bertz CT molecular complexity index is 793. The van der Waals surface area contributed by atoms with Gasteiger partial charge in [0.25, 0.3) is 0 Å². The number of esters is 1. The third-order valence-corrected chi connectivity index (χ3v) is 6.58. The number of hydrogen-bond acceptors (Lipinski definition) is 6. The number of hydrogen-bond donors (Lipinski definition) is 2. The number of nitrogens with one attached hydrogen (secondary N) is 1. The molecule has 0 spiro atoms. The zero-order valence-electron chi connectivity index (χ0n) is 18.1. The van der Waals surface area contributed by atoms with Crippen LogP contribution in [0.5, 0.6) is 0 Å². The van der Waals surface area contributed by atoms with E-state index in [1.807, 2.05) is 19.1 Å². The van der Waals surface area contributed by atoms with Crippen LogP contribution in [0.2, 0.25) is 0 Å². The highest BCUT2D eigenvalue weighted by atomic mass is 16.5. The number of methoxy groups -OCH3 is 2. The molecule has 0 saturated heterocycles. The number of carbonyl (C=O) groups excluding carboxylic acids is 2. The van der Waals surface area contributed by atoms with E-state index in [-0.39, 0.29) is 35.5 Å². The summed E-state index contributed by atoms with van der Waals surface area (Å²) < 4.78 is 9.95. The number of nitrogens with zero attached hydrogens (tertiary/aromatic N) is 1. The summed E-state index contributed by atoms with van der Waals surface area (Å²) in [7, 11) is 2.85. The lowest BCUT2D eigenvalue weighted by Crippen LogP contribution is -2.43. The van der Waals surface area contributed by atoms with Gasteiger partial charge in [0.1, 0.15) is 0 Å². The maximum Gasteiger partial charge on any atom is 0.414 e. The van der Waals surface area contributed by atoms with Crippen LogP contribution in [0, 0.1) is 11.3 Å². The number of nitrogens with two attached hydrogens (primary N) is 1. The third-order valence-electron chi connectivity index (χ3n) is 6.58. The molecule has 0 radical (unpaired) electrons. The van der Waals surface area contributed by atoms with Crippen molar-refractivity contribution in [3.8, 4) is 0 Å². The summed E-state index contributed by atoms with van der Waals surface area (Å²) in [5, 5.41) is 3.59. The highest BCUT2D eigenvalue weighted by Gasteiger charge is 2.41. The molecule has 29 heavy (non-hydrogen) atoms. The van der Waals surface area contributed by atoms with Crippen LogP contribution in [-0.2, 0) is 20.7 Å². The average molecular weight is 404 g/mol. The van der Waals surface area contributed by atoms with Crippen LogP contribution in [0.25, 0.3) is 0 Å². The fourth-order valence-corrected chi connectivity index (χ4v) is 4.92. The molecule has 1 heterocycles. The van der Waals surface area contributed by atoms with Crippen molar-refractivity contribution in [3.63, 3.8) is 0 Å². The Hall–Kier alpha value is -2.44. The Kier molecular flexibility index (Phi) is 5.96. The average Bonchev–Trinajstić information content (AvgIpc) is 2.68. The minimum atomic E-state index is -0.360. The molecule has 0 bridgehead atoms. The molecule has 1 aliphatic carbocycles. The van der Waals surface area contributed by atoms with Crippen LogP contribution < -0.4 is 16.0 Å². The van der Waals surface area contributed by atoms with Gasteiger partial charge in [-0.15, -0.1) is 0 Å². The molecule has 1 fully saturated rings. The van der Waals surface area contributed by atoms with Crippen molar-refractivity contribution in [1.29, 1.82) is 0 Å². The standard InChI is InChI=1S/C22H33N3O4/c1-13-6-8-15-18(25(13)21(27)29-5)11-10-17(19(15)23)24-14-7-9-16(20(26)28-4)22(2,3)12-14/h10-11,13-14,16,24H,6-9,12,23H2,1-5H3/t13-,14-,16+/m0/s1. The molecular weight excluding hydrogens is 370 g/mol. The minimum Gasteiger partial charge on any atom is -0.469 e. The number of fused-ring (bicyclic) bond motifs is 1. The van der Waals surface area contributed by atoms with Crippen molar-refractivity contribution in [1.82, 2.24) is 0 Å². The minimum absolute atomic E-state index is 0.0718. The smallest absolute Gasteiger partial charge is 0.414 e. The first kappa shape index (κ1) is 21.3. The fourth-order valence-electron chi connectivity index (χ4n) is 4.92. The van der Waals surface area contributed by atoms with E-state index < -0.39 is 0 Å². The van der Waals surface area contributed by atoms with Crippen LogP contribution in [0.15, 0.2) is 12.1 Å². The van der Waals surface area contributed by atoms with Gasteiger partial charge in [0.05, 0.1) is 37.2 Å². The van der Waals surface area contributed by atoms with E-state index in [9.17, 15) is 9.59 Å². The molecule has 7 heteroatoms. The van der Waals surface area contributed by atoms with Crippen molar-refractivity contribution in [3.05, 3.63) is 17.7 Å². The molecule has 160 valence electrons. The number of rotatable bonds is 3. The Labute approximate surface area is 172 Å². The van der Waals surface area contributed by atoms with Crippen LogP contribution in [0.1, 0.15) is 52.0 Å². The highest BCUT2D eigenvalue weighted by Crippen LogP contribution is 2.44. The van der Waals surface area contributed by atoms with Gasteiger partial charge >= 0.3 is 12.1 Å². The zero-order valence-corrected chi connectivity index (χ0v) is 18.1. The van der Waals surface area contributed by atoms with E-state index in [0.29, 0.717) is 5.69 Å². The SMILES string of the molecule is COC(=O)[C@H]1CC[C@H](Nc2ccc3c(c2N)CC[C@H](C)N3C(=O)OC)CC1(C)C. The summed E-state index contributed by atoms with van der Waals surface area (Å²) in [6.45, 7) is 6.26. The fraction of sp³-hybridized carbons (Fsp3) is 0.636. The Morgan fingerprint density at radius 1 is 1.17 bits per heavy atom. The first-order valence-corrected chi connectivity index (χ1v) is 10.3. The first-order chi connectivity index (χ1) is 13.7. The largest absolute Gasteiger partial charge is 0.469 e. The van der Waals surface area contributed by atoms with Crippen LogP contribution >= 0.6 is 0 Å². The monoisotopic (exact) mass is 403 g/mol. The van der Waals surface area contributed by atoms with Crippen molar-refractivity contribution < 1.29 is 19.1 Å². The second-order valence-electron chi connectivity index (χ2n) is 8.94. The van der Waals surface area contributed by atoms with E-state index in [0.717, 1.165) is 49.0 Å². The van der Waals surface area contributed by atoms with Gasteiger partial charge in [-0.2, -0.15) is 0 Å². The highest BCUT2D eigenvalue weighted by molar-refractivity contribution is 5.93. The zero-order chi connectivity index (χ0) is 21.3. The Balaban J connectivity index is 1.80. The van der Waals surface area contributed by atoms with E-state index in [4.69, 9.17) is 15.2 Å². The molecule has 1 aromatic rings. The number of carbonyl (C=O) groups is 2. The molecule has 1 amide bonds. The van der Waals surface area contributed by atoms with Gasteiger partial charge in [-0.3, -0.25) is 9.69 Å². The molecule has 0 unspecified atom stereocenters. The van der Waals surface area contributed by atoms with Crippen LogP contribution in [0.3, 0.4) is 0 Å². The first-order valence-electron chi connectivity index (χ1n) is 10.3. The quantitative estimate of drug-likeness (QED) is 0.586. The number of anilines is 3. The number of amides is 1. The van der Waals surface area contributed by atoms with Gasteiger partial charge in [0.2, 0.25) is 0 Å². The maximum atomic E-state index is 12.2. The van der Waals surface area contributed by atoms with Gasteiger partial charge in [-0.05, 0) is 56.6 Å². The normalized spacial score (nSPS) is 25.7. The summed E-state index contributed by atoms with van der Waals surface area (Å²) in [5.41, 5.74) is 9.76. The predicted molar refractivity (Wildman–Crippen MR) is 114 cm³/mol. The second kappa shape index (κ2) is 8.13. The van der Waals surface area contributed by atoms with Crippen molar-refractivity contribution in [2.45, 2.75) is 65.0 Å². The number of nitrogen functional groups attached to an aromatic ring is 1. The summed E-state index contributed by atoms with van der Waals surface area (Å²) in [6.07, 6.45) is 3.83. The summed E-state index contributed by atoms with van der Waals surface area (Å²) >= 11 is 0. The number of ether oxygens (including phenoxy) is 2. The predicted octanol–water partition coefficient (Wildman–Crippen LogP) is 3.96. The molecule has 3 rings (SSSR count). The third kappa shape index (κ3) is 4.00. The number of benzene rings is 1. The maximum absolute atomic E-state index is 12.2. The molecule has 3 N–H and O–H groups in total. The topological polar surface area (TPSA) is 93.9 Å². The molecule has 1 aliphatic heterocycles. The molecule has 2 aliphatic rings. The Morgan fingerprint density at radius 2 is 1.90 bits per heavy atom. The van der Waals surface area contributed by atoms with Gasteiger partial charge in [0, 0.05) is 17.6 Å². The van der Waals surface area contributed by atoms with Crippen LogP contribution in [0.4, 0.5) is 21.9 Å². The lowest BCUT2D eigenvalue weighted by atomic mass is 9.67. The van der Waals surface area contributed by atoms with Gasteiger partial charge in [-0.1, -0.05) is 13.8 Å². The van der Waals surface area contributed by atoms with E-state index in [1.165, 1.54) is 14.2 Å². The van der Waals surface area contributed by atoms with Gasteiger partial charge in [0.15, 0.2) is 0 Å². The summed E-state index contributed by atoms with van der Waals surface area (Å²) in [5.74, 6) is -0.208. The molecule has 1 aromatic carbocycles. The lowest BCUT2D eigenvalue weighted by molar-refractivity contribution is -0.151. The molecular formula is C22H33N3O4. The summed E-state index contributed by atoms with van der Waals surface area (Å²) in [4.78, 5) is 26.0. The molecule has 7 nitrogen and oxygen atoms in total. The van der Waals surface area contributed by atoms with E-state index in [1.54, 1.807) is 4.90 Å². The van der Waals surface area contributed by atoms with Crippen LogP contribution in [-0.4, -0.2) is 38.4 Å². The summed E-state index contributed by atoms with van der Waals surface area (Å²) in [6, 6.07) is 4.20. The van der Waals surface area contributed by atoms with E-state index >= 15 is 0 Å². The van der Waals surface area contributed by atoms with Crippen molar-refractivity contribution in [2.24, 2.45) is 11.3 Å². The van der Waals surface area contributed by atoms with Crippen molar-refractivity contribution in [2.75, 3.05) is 30.2 Å².